The van der Waals surface area contributed by atoms with Crippen molar-refractivity contribution in [2.75, 3.05) is 18.8 Å². The van der Waals surface area contributed by atoms with E-state index < -0.39 is 0 Å². The van der Waals surface area contributed by atoms with Crippen LogP contribution in [0.5, 0.6) is 0 Å². The van der Waals surface area contributed by atoms with Gasteiger partial charge in [0.2, 0.25) is 0 Å². The van der Waals surface area contributed by atoms with Gasteiger partial charge >= 0.3 is 5.69 Å². The second-order valence-corrected chi connectivity index (χ2v) is 6.92. The molecule has 1 aliphatic heterocycles. The number of nitrogens with one attached hydrogen (secondary N) is 1. The lowest BCUT2D eigenvalue weighted by atomic mass is 10.0. The molecule has 0 radical (unpaired) electrons. The number of H-pyrrole nitrogens is 1. The third-order valence-electron chi connectivity index (χ3n) is 5.23. The maximum Gasteiger partial charge on any atom is 0.326 e. The molecule has 0 saturated carbocycles. The number of carbonyl (C=O) groups excluding carboxylic acids is 1. The lowest BCUT2D eigenvalue weighted by Gasteiger charge is -2.33. The molecule has 6 heteroatoms. The molecule has 1 aromatic heterocycles. The quantitative estimate of drug-likeness (QED) is 0.697. The number of rotatable bonds is 2. The normalized spacial score (nSPS) is 15.5. The number of aromatic nitrogens is 2. The number of amides is 1. The number of piperidine rings is 1. The molecule has 0 unspecified atom stereocenters. The Labute approximate surface area is 151 Å². The Bertz CT molecular complexity index is 1030. The summed E-state index contributed by atoms with van der Waals surface area (Å²) in [6.45, 7) is 3.18. The van der Waals surface area contributed by atoms with Crippen molar-refractivity contribution >= 4 is 22.6 Å². The van der Waals surface area contributed by atoms with Crippen molar-refractivity contribution < 1.29 is 4.79 Å². The van der Waals surface area contributed by atoms with Gasteiger partial charge in [0.25, 0.3) is 5.91 Å². The molecular formula is C20H22N4O2. The van der Waals surface area contributed by atoms with Gasteiger partial charge in [0.05, 0.1) is 11.0 Å². The molecule has 2 heterocycles. The van der Waals surface area contributed by atoms with Crippen molar-refractivity contribution in [2.24, 2.45) is 0 Å². The molecule has 1 aliphatic rings. The van der Waals surface area contributed by atoms with Crippen molar-refractivity contribution in [2.45, 2.75) is 25.8 Å². The summed E-state index contributed by atoms with van der Waals surface area (Å²) >= 11 is 0. The number of benzene rings is 2. The first kappa shape index (κ1) is 16.4. The maximum absolute atomic E-state index is 12.8. The standard InChI is InChI=1S/C20H22N4O2/c1-13-6-7-14(21)12-16(13)19(25)23-10-8-15(9-11-23)24-18-5-3-2-4-17(18)22-20(24)26/h2-7,12,15H,8-11,21H2,1H3,(H,22,26). The summed E-state index contributed by atoms with van der Waals surface area (Å²) < 4.78 is 1.84. The average molecular weight is 350 g/mol. The zero-order valence-corrected chi connectivity index (χ0v) is 14.7. The summed E-state index contributed by atoms with van der Waals surface area (Å²) in [5.74, 6) is 0.0134. The molecular weight excluding hydrogens is 328 g/mol. The Hall–Kier alpha value is -3.02. The largest absolute Gasteiger partial charge is 0.399 e. The lowest BCUT2D eigenvalue weighted by molar-refractivity contribution is 0.0694. The molecule has 0 spiro atoms. The number of para-hydroxylation sites is 2. The first-order chi connectivity index (χ1) is 12.5. The zero-order chi connectivity index (χ0) is 18.3. The molecule has 3 aromatic rings. The van der Waals surface area contributed by atoms with Gasteiger partial charge in [-0.05, 0) is 49.6 Å². The first-order valence-electron chi connectivity index (χ1n) is 8.89. The molecule has 134 valence electrons. The van der Waals surface area contributed by atoms with Crippen LogP contribution in [0.2, 0.25) is 0 Å². The van der Waals surface area contributed by atoms with Crippen molar-refractivity contribution in [3.05, 3.63) is 64.1 Å². The van der Waals surface area contributed by atoms with Crippen LogP contribution in [-0.4, -0.2) is 33.4 Å². The van der Waals surface area contributed by atoms with Gasteiger partial charge in [-0.1, -0.05) is 18.2 Å². The number of imidazole rings is 1. The van der Waals surface area contributed by atoms with E-state index >= 15 is 0 Å². The summed E-state index contributed by atoms with van der Waals surface area (Å²) in [6.07, 6.45) is 1.52. The number of nitrogens with two attached hydrogens (primary N) is 1. The predicted octanol–water partition coefficient (Wildman–Crippen LogP) is 2.70. The Morgan fingerprint density at radius 3 is 2.65 bits per heavy atom. The fourth-order valence-electron chi connectivity index (χ4n) is 3.80. The Kier molecular flexibility index (Phi) is 4.03. The first-order valence-corrected chi connectivity index (χ1v) is 8.89. The van der Waals surface area contributed by atoms with E-state index in [2.05, 4.69) is 4.98 Å². The molecule has 6 nitrogen and oxygen atoms in total. The number of anilines is 1. The van der Waals surface area contributed by atoms with Crippen LogP contribution in [0, 0.1) is 6.92 Å². The highest BCUT2D eigenvalue weighted by Gasteiger charge is 2.27. The fraction of sp³-hybridized carbons (Fsp3) is 0.300. The number of hydrogen-bond acceptors (Lipinski definition) is 3. The SMILES string of the molecule is Cc1ccc(N)cc1C(=O)N1CCC(n2c(=O)[nH]c3ccccc32)CC1. The smallest absolute Gasteiger partial charge is 0.326 e. The molecule has 0 atom stereocenters. The van der Waals surface area contributed by atoms with Gasteiger partial charge < -0.3 is 15.6 Å². The number of hydrogen-bond donors (Lipinski definition) is 2. The van der Waals surface area contributed by atoms with Gasteiger partial charge in [0.15, 0.2) is 0 Å². The maximum atomic E-state index is 12.8. The van der Waals surface area contributed by atoms with Crippen LogP contribution in [0.1, 0.15) is 34.8 Å². The molecule has 26 heavy (non-hydrogen) atoms. The average Bonchev–Trinajstić information content (AvgIpc) is 2.99. The van der Waals surface area contributed by atoms with Gasteiger partial charge in [0.1, 0.15) is 0 Å². The van der Waals surface area contributed by atoms with Gasteiger partial charge in [-0.2, -0.15) is 0 Å². The van der Waals surface area contributed by atoms with Crippen molar-refractivity contribution in [1.82, 2.24) is 14.5 Å². The fourth-order valence-corrected chi connectivity index (χ4v) is 3.80. The number of nitrogen functional groups attached to an aromatic ring is 1. The third-order valence-corrected chi connectivity index (χ3v) is 5.23. The summed E-state index contributed by atoms with van der Waals surface area (Å²) in [5, 5.41) is 0. The highest BCUT2D eigenvalue weighted by Crippen LogP contribution is 2.26. The van der Waals surface area contributed by atoms with Crippen molar-refractivity contribution in [1.29, 1.82) is 0 Å². The van der Waals surface area contributed by atoms with E-state index in [1.54, 1.807) is 6.07 Å². The van der Waals surface area contributed by atoms with Gasteiger partial charge in [-0.3, -0.25) is 9.36 Å². The van der Waals surface area contributed by atoms with E-state index in [-0.39, 0.29) is 17.6 Å². The molecule has 2 aromatic carbocycles. The number of aromatic amines is 1. The Balaban J connectivity index is 1.54. The second-order valence-electron chi connectivity index (χ2n) is 6.92. The molecule has 1 saturated heterocycles. The van der Waals surface area contributed by atoms with E-state index in [1.165, 1.54) is 0 Å². The van der Waals surface area contributed by atoms with Crippen LogP contribution < -0.4 is 11.4 Å². The summed E-state index contributed by atoms with van der Waals surface area (Å²) in [7, 11) is 0. The lowest BCUT2D eigenvalue weighted by Crippen LogP contribution is -2.40. The highest BCUT2D eigenvalue weighted by molar-refractivity contribution is 5.96. The van der Waals surface area contributed by atoms with Gasteiger partial charge in [-0.25, -0.2) is 4.79 Å². The minimum absolute atomic E-state index is 0.0134. The van der Waals surface area contributed by atoms with E-state index in [9.17, 15) is 9.59 Å². The molecule has 0 bridgehead atoms. The van der Waals surface area contributed by atoms with Crippen molar-refractivity contribution in [3.8, 4) is 0 Å². The highest BCUT2D eigenvalue weighted by atomic mass is 16.2. The number of carbonyl (C=O) groups is 1. The van der Waals surface area contributed by atoms with Crippen LogP contribution in [0.25, 0.3) is 11.0 Å². The second kappa shape index (κ2) is 6.37. The van der Waals surface area contributed by atoms with Crippen LogP contribution in [-0.2, 0) is 0 Å². The van der Waals surface area contributed by atoms with E-state index in [0.717, 1.165) is 29.4 Å². The third kappa shape index (κ3) is 2.77. The molecule has 1 amide bonds. The predicted molar refractivity (Wildman–Crippen MR) is 102 cm³/mol. The zero-order valence-electron chi connectivity index (χ0n) is 14.7. The van der Waals surface area contributed by atoms with Gasteiger partial charge in [-0.15, -0.1) is 0 Å². The topological polar surface area (TPSA) is 84.1 Å². The van der Waals surface area contributed by atoms with E-state index in [4.69, 9.17) is 5.73 Å². The minimum atomic E-state index is -0.0809. The van der Waals surface area contributed by atoms with E-state index in [0.29, 0.717) is 24.3 Å². The van der Waals surface area contributed by atoms with Crippen LogP contribution in [0.3, 0.4) is 0 Å². The van der Waals surface area contributed by atoms with Crippen LogP contribution in [0.4, 0.5) is 5.69 Å². The van der Waals surface area contributed by atoms with Crippen LogP contribution in [0.15, 0.2) is 47.3 Å². The molecule has 4 rings (SSSR count). The molecule has 3 N–H and O–H groups in total. The van der Waals surface area contributed by atoms with Crippen LogP contribution >= 0.6 is 0 Å². The monoisotopic (exact) mass is 350 g/mol. The summed E-state index contributed by atoms with van der Waals surface area (Å²) in [6, 6.07) is 13.3. The minimum Gasteiger partial charge on any atom is -0.399 e. The molecule has 0 aliphatic carbocycles. The van der Waals surface area contributed by atoms with Gasteiger partial charge in [0, 0.05) is 30.4 Å². The number of nitrogens with zero attached hydrogens (tertiary/aromatic N) is 2. The number of likely N-dealkylation sites (tertiary alicyclic amines) is 1. The summed E-state index contributed by atoms with van der Waals surface area (Å²) in [5.41, 5.74) is 9.72. The van der Waals surface area contributed by atoms with Crippen molar-refractivity contribution in [3.63, 3.8) is 0 Å². The summed E-state index contributed by atoms with van der Waals surface area (Å²) in [4.78, 5) is 30.0. The molecule has 1 fully saturated rings. The Morgan fingerprint density at radius 2 is 1.88 bits per heavy atom. The van der Waals surface area contributed by atoms with E-state index in [1.807, 2.05) is 52.8 Å². The number of aryl methyl sites for hydroxylation is 1. The Morgan fingerprint density at radius 1 is 1.15 bits per heavy atom. The number of fused-ring (bicyclic) bond motifs is 1.